The van der Waals surface area contributed by atoms with Crippen LogP contribution in [0.25, 0.3) is 11.0 Å². The van der Waals surface area contributed by atoms with Crippen LogP contribution >= 0.6 is 24.8 Å². The molecule has 0 aliphatic heterocycles. The number of aromatic nitrogens is 3. The Morgan fingerprint density at radius 2 is 1.87 bits per heavy atom. The first kappa shape index (κ1) is 26.4. The third kappa shape index (κ3) is 6.16. The molecule has 2 aromatic heterocycles. The number of nitrogens with zero attached hydrogens (tertiary/aromatic N) is 3. The van der Waals surface area contributed by atoms with Crippen LogP contribution in [-0.4, -0.2) is 45.0 Å². The zero-order valence-electron chi connectivity index (χ0n) is 17.2. The second kappa shape index (κ2) is 12.2. The number of pyridine rings is 1. The molecule has 0 saturated heterocycles. The Morgan fingerprint density at radius 3 is 2.52 bits per heavy atom. The zero-order valence-corrected chi connectivity index (χ0v) is 18.9. The number of amides is 1. The van der Waals surface area contributed by atoms with Gasteiger partial charge >= 0.3 is 5.69 Å². The van der Waals surface area contributed by atoms with E-state index in [1.165, 1.54) is 16.8 Å². The summed E-state index contributed by atoms with van der Waals surface area (Å²) in [6, 6.07) is 11.4. The van der Waals surface area contributed by atoms with Crippen molar-refractivity contribution < 1.29 is 4.79 Å². The summed E-state index contributed by atoms with van der Waals surface area (Å²) < 4.78 is 1.41. The molecule has 0 aliphatic carbocycles. The number of aryl methyl sites for hydroxylation is 1. The third-order valence-electron chi connectivity index (χ3n) is 4.73. The Hall–Kier alpha value is -2.68. The molecule has 3 rings (SSSR count). The Morgan fingerprint density at radius 1 is 1.16 bits per heavy atom. The monoisotopic (exact) mass is 467 g/mol. The van der Waals surface area contributed by atoms with Crippen molar-refractivity contribution in [2.45, 2.75) is 26.3 Å². The van der Waals surface area contributed by atoms with Gasteiger partial charge in [0.15, 0.2) is 0 Å². The largest absolute Gasteiger partial charge is 0.337 e. The summed E-state index contributed by atoms with van der Waals surface area (Å²) >= 11 is 0. The highest BCUT2D eigenvalue weighted by atomic mass is 35.5. The van der Waals surface area contributed by atoms with E-state index in [1.54, 1.807) is 4.90 Å². The van der Waals surface area contributed by atoms with E-state index in [0.717, 1.165) is 5.56 Å². The van der Waals surface area contributed by atoms with Crippen molar-refractivity contribution in [2.24, 2.45) is 5.73 Å². The van der Waals surface area contributed by atoms with E-state index in [4.69, 9.17) is 5.73 Å². The number of rotatable bonds is 8. The number of fused-ring (bicyclic) bond motifs is 1. The SMILES string of the molecule is CCCn1c(=O)[nH]c(=O)c2cc(C(=O)N(CCN)CCc3ccccc3)cnc21.Cl.Cl. The number of carbonyl (C=O) groups is 1. The molecule has 1 aromatic carbocycles. The maximum atomic E-state index is 13.0. The first-order valence-electron chi connectivity index (χ1n) is 9.71. The van der Waals surface area contributed by atoms with Gasteiger partial charge in [-0.05, 0) is 24.5 Å². The van der Waals surface area contributed by atoms with Crippen LogP contribution in [0, 0.1) is 0 Å². The maximum Gasteiger partial charge on any atom is 0.329 e. The molecular weight excluding hydrogens is 441 g/mol. The smallest absolute Gasteiger partial charge is 0.329 e. The number of H-pyrrole nitrogens is 1. The summed E-state index contributed by atoms with van der Waals surface area (Å²) in [4.78, 5) is 45.6. The van der Waals surface area contributed by atoms with Gasteiger partial charge in [-0.1, -0.05) is 37.3 Å². The van der Waals surface area contributed by atoms with Gasteiger partial charge in [0, 0.05) is 32.4 Å². The Bertz CT molecular complexity index is 1120. The minimum absolute atomic E-state index is 0. The summed E-state index contributed by atoms with van der Waals surface area (Å²) in [6.45, 7) is 3.60. The number of nitrogens with two attached hydrogens (primary N) is 1. The highest BCUT2D eigenvalue weighted by molar-refractivity contribution is 5.96. The third-order valence-corrected chi connectivity index (χ3v) is 4.73. The molecule has 3 aromatic rings. The summed E-state index contributed by atoms with van der Waals surface area (Å²) in [5.41, 5.74) is 6.36. The first-order valence-corrected chi connectivity index (χ1v) is 9.71. The van der Waals surface area contributed by atoms with E-state index in [2.05, 4.69) is 9.97 Å². The molecule has 0 atom stereocenters. The summed E-state index contributed by atoms with van der Waals surface area (Å²) in [5, 5.41) is 0.222. The van der Waals surface area contributed by atoms with Crippen LogP contribution in [0.1, 0.15) is 29.3 Å². The summed E-state index contributed by atoms with van der Waals surface area (Å²) in [7, 11) is 0. The second-order valence-electron chi connectivity index (χ2n) is 6.82. The van der Waals surface area contributed by atoms with Gasteiger partial charge in [-0.15, -0.1) is 24.8 Å². The number of halogens is 2. The molecule has 0 fully saturated rings. The van der Waals surface area contributed by atoms with Gasteiger partial charge in [-0.2, -0.15) is 0 Å². The molecule has 31 heavy (non-hydrogen) atoms. The predicted molar refractivity (Wildman–Crippen MR) is 127 cm³/mol. The molecule has 168 valence electrons. The van der Waals surface area contributed by atoms with Crippen molar-refractivity contribution >= 4 is 41.8 Å². The minimum Gasteiger partial charge on any atom is -0.337 e. The van der Waals surface area contributed by atoms with Crippen LogP contribution in [-0.2, 0) is 13.0 Å². The van der Waals surface area contributed by atoms with Crippen LogP contribution in [0.3, 0.4) is 0 Å². The molecule has 10 heteroatoms. The van der Waals surface area contributed by atoms with Gasteiger partial charge in [0.25, 0.3) is 11.5 Å². The average molecular weight is 468 g/mol. The van der Waals surface area contributed by atoms with Gasteiger partial charge < -0.3 is 10.6 Å². The lowest BCUT2D eigenvalue weighted by molar-refractivity contribution is 0.0762. The molecule has 0 saturated carbocycles. The van der Waals surface area contributed by atoms with Gasteiger partial charge in [0.1, 0.15) is 5.65 Å². The zero-order chi connectivity index (χ0) is 20.8. The first-order chi connectivity index (χ1) is 14.0. The quantitative estimate of drug-likeness (QED) is 0.525. The number of hydrogen-bond acceptors (Lipinski definition) is 5. The molecule has 0 radical (unpaired) electrons. The van der Waals surface area contributed by atoms with Crippen molar-refractivity contribution in [3.63, 3.8) is 0 Å². The second-order valence-corrected chi connectivity index (χ2v) is 6.82. The van der Waals surface area contributed by atoms with Crippen LogP contribution in [0.2, 0.25) is 0 Å². The Balaban J connectivity index is 0.00000240. The lowest BCUT2D eigenvalue weighted by Crippen LogP contribution is -2.37. The Labute approximate surface area is 192 Å². The highest BCUT2D eigenvalue weighted by Gasteiger charge is 2.18. The molecule has 8 nitrogen and oxygen atoms in total. The van der Waals surface area contributed by atoms with Crippen molar-refractivity contribution in [3.8, 4) is 0 Å². The van der Waals surface area contributed by atoms with Gasteiger partial charge in [-0.3, -0.25) is 19.1 Å². The average Bonchev–Trinajstić information content (AvgIpc) is 2.74. The normalized spacial score (nSPS) is 10.3. The fourth-order valence-electron chi connectivity index (χ4n) is 3.28. The number of hydrogen-bond donors (Lipinski definition) is 2. The van der Waals surface area contributed by atoms with Gasteiger partial charge in [0.05, 0.1) is 10.9 Å². The van der Waals surface area contributed by atoms with Crippen LogP contribution in [0.15, 0.2) is 52.2 Å². The molecule has 0 unspecified atom stereocenters. The standard InChI is InChI=1S/C21H25N5O3.2ClH/c1-2-10-26-18-17(19(27)24-21(26)29)13-16(14-23-18)20(28)25(12-9-22)11-8-15-6-4-3-5-7-15;;/h3-7,13-14H,2,8-12,22H2,1H3,(H,24,27,29);2*1H. The number of aromatic amines is 1. The molecule has 1 amide bonds. The van der Waals surface area contributed by atoms with Crippen molar-refractivity contribution in [2.75, 3.05) is 19.6 Å². The van der Waals surface area contributed by atoms with Crippen LogP contribution in [0.4, 0.5) is 0 Å². The lowest BCUT2D eigenvalue weighted by Gasteiger charge is -2.22. The Kier molecular flexibility index (Phi) is 10.4. The summed E-state index contributed by atoms with van der Waals surface area (Å²) in [5.74, 6) is -0.242. The molecular formula is C21H27Cl2N5O3. The fraction of sp³-hybridized carbons (Fsp3) is 0.333. The number of benzene rings is 1. The minimum atomic E-state index is -0.547. The van der Waals surface area contributed by atoms with Crippen molar-refractivity contribution in [1.29, 1.82) is 0 Å². The highest BCUT2D eigenvalue weighted by Crippen LogP contribution is 2.12. The topological polar surface area (TPSA) is 114 Å². The maximum absolute atomic E-state index is 13.0. The molecule has 0 spiro atoms. The predicted octanol–water partition coefficient (Wildman–Crippen LogP) is 1.98. The van der Waals surface area contributed by atoms with Crippen LogP contribution in [0.5, 0.6) is 0 Å². The van der Waals surface area contributed by atoms with Gasteiger partial charge in [-0.25, -0.2) is 9.78 Å². The van der Waals surface area contributed by atoms with E-state index in [1.807, 2.05) is 37.3 Å². The van der Waals surface area contributed by atoms with E-state index in [0.29, 0.717) is 44.6 Å². The van der Waals surface area contributed by atoms with E-state index < -0.39 is 11.2 Å². The number of nitrogens with one attached hydrogen (secondary N) is 1. The van der Waals surface area contributed by atoms with E-state index >= 15 is 0 Å². The molecule has 2 heterocycles. The summed E-state index contributed by atoms with van der Waals surface area (Å²) in [6.07, 6.45) is 2.83. The number of carbonyl (C=O) groups excluding carboxylic acids is 1. The molecule has 3 N–H and O–H groups in total. The van der Waals surface area contributed by atoms with E-state index in [9.17, 15) is 14.4 Å². The van der Waals surface area contributed by atoms with Crippen molar-refractivity contribution in [1.82, 2.24) is 19.4 Å². The molecule has 0 aliphatic rings. The molecule has 0 bridgehead atoms. The van der Waals surface area contributed by atoms with Crippen LogP contribution < -0.4 is 17.0 Å². The fourth-order valence-corrected chi connectivity index (χ4v) is 3.28. The van der Waals surface area contributed by atoms with Gasteiger partial charge in [0.2, 0.25) is 0 Å². The van der Waals surface area contributed by atoms with Crippen molar-refractivity contribution in [3.05, 3.63) is 74.6 Å². The van der Waals surface area contributed by atoms with E-state index in [-0.39, 0.29) is 41.8 Å². The lowest BCUT2D eigenvalue weighted by atomic mass is 10.1.